The number of benzene rings is 1. The van der Waals surface area contributed by atoms with Gasteiger partial charge in [-0.25, -0.2) is 0 Å². The first-order chi connectivity index (χ1) is 8.08. The number of aromatic nitrogens is 1. The molecule has 2 aromatic rings. The van der Waals surface area contributed by atoms with Crippen LogP contribution in [0, 0.1) is 0 Å². The van der Waals surface area contributed by atoms with E-state index in [9.17, 15) is 4.79 Å². The Kier molecular flexibility index (Phi) is 3.40. The molecule has 0 saturated carbocycles. The van der Waals surface area contributed by atoms with Gasteiger partial charge in [0.05, 0.1) is 5.56 Å². The Morgan fingerprint density at radius 3 is 2.35 bits per heavy atom. The summed E-state index contributed by atoms with van der Waals surface area (Å²) < 4.78 is 0.989. The van der Waals surface area contributed by atoms with Crippen molar-refractivity contribution in [1.29, 1.82) is 0 Å². The third kappa shape index (κ3) is 2.62. The summed E-state index contributed by atoms with van der Waals surface area (Å²) in [6, 6.07) is 11.1. The summed E-state index contributed by atoms with van der Waals surface area (Å²) in [5, 5.41) is 0. The van der Waals surface area contributed by atoms with Crippen molar-refractivity contribution in [3.05, 3.63) is 56.8 Å². The Morgan fingerprint density at radius 1 is 1.18 bits per heavy atom. The van der Waals surface area contributed by atoms with Crippen molar-refractivity contribution in [3.63, 3.8) is 0 Å². The predicted molar refractivity (Wildman–Crippen MR) is 76.1 cm³/mol. The second-order valence-corrected chi connectivity index (χ2v) is 4.84. The van der Waals surface area contributed by atoms with E-state index in [1.54, 1.807) is 12.1 Å². The van der Waals surface area contributed by atoms with E-state index in [0.717, 1.165) is 15.7 Å². The molecule has 1 aromatic carbocycles. The van der Waals surface area contributed by atoms with E-state index in [4.69, 9.17) is 18.0 Å². The lowest BCUT2D eigenvalue weighted by Crippen LogP contribution is -2.22. The van der Waals surface area contributed by atoms with Gasteiger partial charge in [-0.05, 0) is 29.8 Å². The van der Waals surface area contributed by atoms with Crippen LogP contribution >= 0.6 is 28.1 Å². The van der Waals surface area contributed by atoms with Crippen LogP contribution in [-0.2, 0) is 0 Å². The average Bonchev–Trinajstić information content (AvgIpc) is 2.29. The lowest BCUT2D eigenvalue weighted by atomic mass is 10.1. The number of hydrogen-bond donors (Lipinski definition) is 2. The topological polar surface area (TPSA) is 58.9 Å². The maximum Gasteiger partial charge on any atom is 0.258 e. The van der Waals surface area contributed by atoms with Gasteiger partial charge in [-0.15, -0.1) is 0 Å². The van der Waals surface area contributed by atoms with E-state index >= 15 is 0 Å². The highest BCUT2D eigenvalue weighted by Gasteiger charge is 2.04. The van der Waals surface area contributed by atoms with Gasteiger partial charge in [0, 0.05) is 10.2 Å². The highest BCUT2D eigenvalue weighted by Crippen LogP contribution is 2.18. The molecule has 0 radical (unpaired) electrons. The van der Waals surface area contributed by atoms with Crippen LogP contribution in [0.1, 0.15) is 5.56 Å². The summed E-state index contributed by atoms with van der Waals surface area (Å²) in [7, 11) is 0. The molecule has 0 saturated heterocycles. The Morgan fingerprint density at radius 2 is 1.82 bits per heavy atom. The Labute approximate surface area is 112 Å². The zero-order valence-corrected chi connectivity index (χ0v) is 11.1. The minimum Gasteiger partial charge on any atom is -0.389 e. The van der Waals surface area contributed by atoms with Gasteiger partial charge in [0.1, 0.15) is 4.99 Å². The molecule has 0 amide bonds. The highest BCUT2D eigenvalue weighted by molar-refractivity contribution is 9.10. The smallest absolute Gasteiger partial charge is 0.258 e. The molecule has 5 heteroatoms. The Hall–Kier alpha value is -1.46. The second-order valence-electron chi connectivity index (χ2n) is 3.49. The van der Waals surface area contributed by atoms with Crippen molar-refractivity contribution >= 4 is 33.1 Å². The van der Waals surface area contributed by atoms with Crippen molar-refractivity contribution in [2.75, 3.05) is 0 Å². The number of thiocarbonyl (C=S) groups is 1. The van der Waals surface area contributed by atoms with Crippen LogP contribution in [0.2, 0.25) is 0 Å². The molecule has 0 unspecified atom stereocenters. The molecule has 1 heterocycles. The third-order valence-electron chi connectivity index (χ3n) is 2.33. The molecular weight excluding hydrogens is 300 g/mol. The van der Waals surface area contributed by atoms with Crippen LogP contribution in [0.4, 0.5) is 0 Å². The van der Waals surface area contributed by atoms with E-state index in [1.165, 1.54) is 0 Å². The number of nitrogens with one attached hydrogen (secondary N) is 1. The summed E-state index contributed by atoms with van der Waals surface area (Å²) in [5.74, 6) is 0. The SMILES string of the molecule is NC(=S)c1ccc(-c2ccc(Br)cc2)[nH]c1=O. The minimum absolute atomic E-state index is 0.105. The molecule has 0 aliphatic carbocycles. The fourth-order valence-electron chi connectivity index (χ4n) is 1.47. The molecular formula is C12H9BrN2OS. The predicted octanol–water partition coefficient (Wildman–Crippen LogP) is 2.44. The van der Waals surface area contributed by atoms with E-state index in [1.807, 2.05) is 24.3 Å². The zero-order chi connectivity index (χ0) is 12.4. The molecule has 1 aromatic heterocycles. The first-order valence-electron chi connectivity index (χ1n) is 4.87. The maximum absolute atomic E-state index is 11.7. The van der Waals surface area contributed by atoms with Gasteiger partial charge >= 0.3 is 0 Å². The molecule has 0 atom stereocenters. The Balaban J connectivity index is 2.48. The number of halogens is 1. The highest BCUT2D eigenvalue weighted by atomic mass is 79.9. The summed E-state index contributed by atoms with van der Waals surface area (Å²) in [4.78, 5) is 14.5. The van der Waals surface area contributed by atoms with E-state index in [-0.39, 0.29) is 10.5 Å². The quantitative estimate of drug-likeness (QED) is 0.838. The molecule has 2 rings (SSSR count). The fraction of sp³-hybridized carbons (Fsp3) is 0. The van der Waals surface area contributed by atoms with Crippen LogP contribution in [-0.4, -0.2) is 9.97 Å². The molecule has 3 N–H and O–H groups in total. The van der Waals surface area contributed by atoms with Gasteiger partial charge in [0.25, 0.3) is 5.56 Å². The van der Waals surface area contributed by atoms with E-state index in [0.29, 0.717) is 5.56 Å². The van der Waals surface area contributed by atoms with Crippen molar-refractivity contribution in [1.82, 2.24) is 4.98 Å². The lowest BCUT2D eigenvalue weighted by Gasteiger charge is -2.03. The summed E-state index contributed by atoms with van der Waals surface area (Å²) in [6.07, 6.45) is 0. The van der Waals surface area contributed by atoms with Crippen molar-refractivity contribution in [2.24, 2.45) is 5.73 Å². The van der Waals surface area contributed by atoms with Gasteiger partial charge in [-0.1, -0.05) is 40.3 Å². The number of rotatable bonds is 2. The normalized spacial score (nSPS) is 10.2. The lowest BCUT2D eigenvalue weighted by molar-refractivity contribution is 1.23. The van der Waals surface area contributed by atoms with Crippen LogP contribution in [0.3, 0.4) is 0 Å². The van der Waals surface area contributed by atoms with Crippen molar-refractivity contribution in [2.45, 2.75) is 0 Å². The average molecular weight is 309 g/mol. The molecule has 0 spiro atoms. The first-order valence-corrected chi connectivity index (χ1v) is 6.07. The standard InChI is InChI=1S/C12H9BrN2OS/c13-8-3-1-7(2-4-8)10-6-5-9(11(14)17)12(16)15-10/h1-6H,(H2,14,17)(H,15,16). The molecule has 0 aliphatic heterocycles. The van der Waals surface area contributed by atoms with Crippen molar-refractivity contribution < 1.29 is 0 Å². The summed E-state index contributed by atoms with van der Waals surface area (Å²) in [5.41, 5.74) is 7.17. The summed E-state index contributed by atoms with van der Waals surface area (Å²) in [6.45, 7) is 0. The van der Waals surface area contributed by atoms with Gasteiger partial charge in [-0.2, -0.15) is 0 Å². The number of nitrogens with two attached hydrogens (primary N) is 1. The maximum atomic E-state index is 11.7. The number of aromatic amines is 1. The van der Waals surface area contributed by atoms with Crippen molar-refractivity contribution in [3.8, 4) is 11.3 Å². The van der Waals surface area contributed by atoms with E-state index < -0.39 is 0 Å². The number of H-pyrrole nitrogens is 1. The minimum atomic E-state index is -0.266. The molecule has 0 aliphatic rings. The molecule has 86 valence electrons. The van der Waals surface area contributed by atoms with Crippen LogP contribution in [0.15, 0.2) is 45.7 Å². The molecule has 0 fully saturated rings. The van der Waals surface area contributed by atoms with Gasteiger partial charge in [0.2, 0.25) is 0 Å². The van der Waals surface area contributed by atoms with Gasteiger partial charge < -0.3 is 10.7 Å². The molecule has 3 nitrogen and oxygen atoms in total. The van der Waals surface area contributed by atoms with E-state index in [2.05, 4.69) is 20.9 Å². The fourth-order valence-corrected chi connectivity index (χ4v) is 1.89. The first kappa shape index (κ1) is 12.0. The van der Waals surface area contributed by atoms with Gasteiger partial charge in [-0.3, -0.25) is 4.79 Å². The largest absolute Gasteiger partial charge is 0.389 e. The van der Waals surface area contributed by atoms with Crippen LogP contribution in [0.5, 0.6) is 0 Å². The number of hydrogen-bond acceptors (Lipinski definition) is 2. The van der Waals surface area contributed by atoms with Crippen LogP contribution < -0.4 is 11.3 Å². The monoisotopic (exact) mass is 308 g/mol. The Bertz CT molecular complexity index is 619. The molecule has 17 heavy (non-hydrogen) atoms. The van der Waals surface area contributed by atoms with Gasteiger partial charge in [0.15, 0.2) is 0 Å². The zero-order valence-electron chi connectivity index (χ0n) is 8.74. The van der Waals surface area contributed by atoms with Crippen LogP contribution in [0.25, 0.3) is 11.3 Å². The summed E-state index contributed by atoms with van der Waals surface area (Å²) >= 11 is 8.14. The third-order valence-corrected chi connectivity index (χ3v) is 3.08. The number of pyridine rings is 1. The second kappa shape index (κ2) is 4.81. The molecule has 0 bridgehead atoms.